The molecule has 1 aromatic carbocycles. The fraction of sp³-hybridized carbons (Fsp3) is 0.516. The molecule has 3 N–H and O–H groups in total. The van der Waals surface area contributed by atoms with E-state index in [1.54, 1.807) is 6.92 Å². The number of likely N-dealkylation sites (tertiary alicyclic amines) is 1. The van der Waals surface area contributed by atoms with Gasteiger partial charge in [-0.05, 0) is 75.8 Å². The number of fused-ring (bicyclic) bond motifs is 2. The summed E-state index contributed by atoms with van der Waals surface area (Å²) in [7, 11) is 0. The monoisotopic (exact) mass is 560 g/mol. The second-order valence-corrected chi connectivity index (χ2v) is 11.2. The minimum absolute atomic E-state index is 0.00709. The van der Waals surface area contributed by atoms with Crippen molar-refractivity contribution < 1.29 is 19.5 Å². The molecule has 4 heterocycles. The summed E-state index contributed by atoms with van der Waals surface area (Å²) in [5, 5.41) is 17.9. The fourth-order valence-corrected chi connectivity index (χ4v) is 5.77. The maximum absolute atomic E-state index is 12.7. The van der Waals surface area contributed by atoms with Crippen molar-refractivity contribution in [2.45, 2.75) is 64.3 Å². The molecule has 1 amide bonds. The number of unbranched alkanes of at least 4 members (excludes halogenated alkanes) is 1. The number of carbonyl (C=O) groups is 2. The van der Waals surface area contributed by atoms with Crippen molar-refractivity contribution >= 4 is 34.2 Å². The third-order valence-electron chi connectivity index (χ3n) is 8.20. The van der Waals surface area contributed by atoms with E-state index in [4.69, 9.17) is 4.98 Å². The Hall–Kier alpha value is -3.79. The lowest BCUT2D eigenvalue weighted by Crippen LogP contribution is -2.42. The highest BCUT2D eigenvalue weighted by atomic mass is 16.5. The van der Waals surface area contributed by atoms with Gasteiger partial charge < -0.3 is 20.3 Å². The summed E-state index contributed by atoms with van der Waals surface area (Å²) in [6.45, 7) is 6.47. The number of hydrogen-bond donors (Lipinski definition) is 3. The van der Waals surface area contributed by atoms with Gasteiger partial charge >= 0.3 is 0 Å². The molecule has 10 nitrogen and oxygen atoms in total. The van der Waals surface area contributed by atoms with Crippen LogP contribution in [0.4, 0.5) is 11.6 Å². The van der Waals surface area contributed by atoms with Crippen LogP contribution in [0.2, 0.25) is 0 Å². The van der Waals surface area contributed by atoms with Gasteiger partial charge in [-0.3, -0.25) is 14.9 Å². The highest BCUT2D eigenvalue weighted by Crippen LogP contribution is 2.21. The van der Waals surface area contributed by atoms with E-state index in [0.717, 1.165) is 91.8 Å². The Morgan fingerprint density at radius 1 is 1.15 bits per heavy atom. The number of ketones is 1. The molecule has 0 spiro atoms. The zero-order valence-corrected chi connectivity index (χ0v) is 24.0. The second-order valence-electron chi connectivity index (χ2n) is 11.2. The number of nitrogens with one attached hydrogen (secondary N) is 2. The zero-order chi connectivity index (χ0) is 28.6. The van der Waals surface area contributed by atoms with E-state index >= 15 is 0 Å². The molecule has 3 aromatic rings. The molecule has 2 aliphatic heterocycles. The first kappa shape index (κ1) is 28.7. The summed E-state index contributed by atoms with van der Waals surface area (Å²) in [5.41, 5.74) is 3.17. The molecular weight excluding hydrogens is 518 g/mol. The molecule has 1 atom stereocenters. The topological polar surface area (TPSA) is 115 Å². The Labute approximate surface area is 241 Å². The van der Waals surface area contributed by atoms with Crippen LogP contribution in [0.5, 0.6) is 0 Å². The number of pyridine rings is 1. The average Bonchev–Trinajstić information content (AvgIpc) is 3.40. The standard InChI is InChI=1S/C31H41N7O3/c1-23(39)27(35-31-26-10-2-3-11-28(26)33-22-38(31)41)15-19-36(20-21-37-18-7-12-29(37)40)17-5-4-9-25-14-13-24-8-6-16-32-30(24)34-25/h2-3,10-11,13-14,22,27,41H,4-9,12,15-21H2,1H3,(H,32,34)/p+1/t27-/m0/s1. The Morgan fingerprint density at radius 2 is 2.02 bits per heavy atom. The lowest BCUT2D eigenvalue weighted by Gasteiger charge is -2.26. The van der Waals surface area contributed by atoms with Crippen LogP contribution in [0.1, 0.15) is 56.7 Å². The number of aromatic nitrogens is 3. The lowest BCUT2D eigenvalue weighted by molar-refractivity contribution is -0.894. The van der Waals surface area contributed by atoms with E-state index in [0.29, 0.717) is 31.7 Å². The molecule has 0 bridgehead atoms. The second kappa shape index (κ2) is 13.7. The number of aryl methyl sites for hydroxylation is 2. The van der Waals surface area contributed by atoms with Crippen molar-refractivity contribution in [1.29, 1.82) is 0 Å². The number of nitrogens with zero attached hydrogens (tertiary/aromatic N) is 5. The van der Waals surface area contributed by atoms with Gasteiger partial charge in [0.2, 0.25) is 5.91 Å². The maximum atomic E-state index is 12.7. The van der Waals surface area contributed by atoms with E-state index in [-0.39, 0.29) is 11.7 Å². The van der Waals surface area contributed by atoms with Crippen molar-refractivity contribution in [3.8, 4) is 0 Å². The van der Waals surface area contributed by atoms with Crippen LogP contribution in [-0.4, -0.2) is 82.0 Å². The van der Waals surface area contributed by atoms with Crippen molar-refractivity contribution in [3.05, 3.63) is 54.0 Å². The van der Waals surface area contributed by atoms with Crippen LogP contribution in [0.15, 0.2) is 42.7 Å². The highest BCUT2D eigenvalue weighted by molar-refractivity contribution is 5.90. The van der Waals surface area contributed by atoms with Gasteiger partial charge in [-0.1, -0.05) is 22.9 Å². The molecule has 2 aromatic heterocycles. The van der Waals surface area contributed by atoms with Gasteiger partial charge in [0.15, 0.2) is 11.3 Å². The average molecular weight is 561 g/mol. The van der Waals surface area contributed by atoms with Gasteiger partial charge in [-0.15, -0.1) is 4.98 Å². The molecule has 2 aliphatic rings. The Bertz CT molecular complexity index is 1360. The van der Waals surface area contributed by atoms with Crippen LogP contribution in [-0.2, 0) is 22.4 Å². The SMILES string of the molecule is CC(=O)[C@H](CCN(CCCCc1ccc2c(n1)NCCC2)CCN1CCCC1=O)Nc1c2ccccc2nc[n+]1O. The van der Waals surface area contributed by atoms with Crippen molar-refractivity contribution in [2.75, 3.05) is 49.9 Å². The minimum Gasteiger partial charge on any atom is -0.371 e. The predicted octanol–water partition coefficient (Wildman–Crippen LogP) is 3.22. The third-order valence-corrected chi connectivity index (χ3v) is 8.20. The molecule has 0 saturated carbocycles. The van der Waals surface area contributed by atoms with Gasteiger partial charge in [0, 0.05) is 51.3 Å². The summed E-state index contributed by atoms with van der Waals surface area (Å²) in [5.74, 6) is 1.74. The summed E-state index contributed by atoms with van der Waals surface area (Å²) >= 11 is 0. The van der Waals surface area contributed by atoms with E-state index in [9.17, 15) is 14.8 Å². The predicted molar refractivity (Wildman–Crippen MR) is 158 cm³/mol. The first-order valence-electron chi connectivity index (χ1n) is 15.0. The van der Waals surface area contributed by atoms with Crippen molar-refractivity contribution in [2.24, 2.45) is 0 Å². The number of Topliss-reactive ketones (excluding diaryl/α,β-unsaturated/α-hetero) is 1. The van der Waals surface area contributed by atoms with E-state index < -0.39 is 6.04 Å². The molecule has 1 fully saturated rings. The summed E-state index contributed by atoms with van der Waals surface area (Å²) in [6.07, 6.45) is 8.70. The Kier molecular flexibility index (Phi) is 9.61. The first-order valence-corrected chi connectivity index (χ1v) is 15.0. The molecule has 0 unspecified atom stereocenters. The molecule has 10 heteroatoms. The Morgan fingerprint density at radius 3 is 2.85 bits per heavy atom. The van der Waals surface area contributed by atoms with Crippen LogP contribution in [0.3, 0.4) is 0 Å². The normalized spacial score (nSPS) is 15.7. The summed E-state index contributed by atoms with van der Waals surface area (Å²) in [4.78, 5) is 38.3. The molecule has 5 rings (SSSR count). The van der Waals surface area contributed by atoms with Gasteiger partial charge in [0.1, 0.15) is 11.9 Å². The van der Waals surface area contributed by atoms with Gasteiger partial charge in [0.25, 0.3) is 12.1 Å². The van der Waals surface area contributed by atoms with Gasteiger partial charge in [0.05, 0.1) is 5.39 Å². The number of hydrogen-bond acceptors (Lipinski definition) is 8. The van der Waals surface area contributed by atoms with E-state index in [1.807, 2.05) is 29.2 Å². The van der Waals surface area contributed by atoms with Crippen LogP contribution in [0.25, 0.3) is 10.9 Å². The van der Waals surface area contributed by atoms with E-state index in [1.165, 1.54) is 11.9 Å². The summed E-state index contributed by atoms with van der Waals surface area (Å²) < 4.78 is 0.944. The largest absolute Gasteiger partial charge is 0.371 e. The van der Waals surface area contributed by atoms with Crippen molar-refractivity contribution in [1.82, 2.24) is 19.8 Å². The molecular formula is C31H42N7O3+. The number of carbonyl (C=O) groups excluding carboxylic acids is 2. The number of amides is 1. The maximum Gasteiger partial charge on any atom is 0.271 e. The minimum atomic E-state index is -0.470. The zero-order valence-electron chi connectivity index (χ0n) is 24.0. The number of benzene rings is 1. The highest BCUT2D eigenvalue weighted by Gasteiger charge is 2.25. The third kappa shape index (κ3) is 7.49. The number of para-hydroxylation sites is 1. The molecule has 0 aliphatic carbocycles. The van der Waals surface area contributed by atoms with Gasteiger partial charge in [-0.25, -0.2) is 4.98 Å². The molecule has 0 radical (unpaired) electrons. The van der Waals surface area contributed by atoms with Crippen LogP contribution >= 0.6 is 0 Å². The molecule has 41 heavy (non-hydrogen) atoms. The first-order chi connectivity index (χ1) is 20.0. The Balaban J connectivity index is 1.19. The van der Waals surface area contributed by atoms with Crippen molar-refractivity contribution in [3.63, 3.8) is 0 Å². The fourth-order valence-electron chi connectivity index (χ4n) is 5.77. The van der Waals surface area contributed by atoms with Crippen LogP contribution < -0.4 is 15.4 Å². The summed E-state index contributed by atoms with van der Waals surface area (Å²) in [6, 6.07) is 11.4. The number of anilines is 2. The smallest absolute Gasteiger partial charge is 0.271 e. The molecule has 1 saturated heterocycles. The van der Waals surface area contributed by atoms with Crippen LogP contribution in [0, 0.1) is 0 Å². The number of rotatable bonds is 14. The van der Waals surface area contributed by atoms with E-state index in [2.05, 4.69) is 32.7 Å². The lowest BCUT2D eigenvalue weighted by atomic mass is 10.1. The van der Waals surface area contributed by atoms with Gasteiger partial charge in [-0.2, -0.15) is 0 Å². The quantitative estimate of drug-likeness (QED) is 0.156. The molecule has 218 valence electrons.